The van der Waals surface area contributed by atoms with Crippen LogP contribution in [-0.2, 0) is 7.05 Å². The topological polar surface area (TPSA) is 63.1 Å². The van der Waals surface area contributed by atoms with E-state index in [0.29, 0.717) is 10.9 Å². The Balaban J connectivity index is 1.89. The summed E-state index contributed by atoms with van der Waals surface area (Å²) < 4.78 is 1.45. The Morgan fingerprint density at radius 2 is 2.29 bits per heavy atom. The Bertz CT molecular complexity index is 542. The third-order valence-corrected chi connectivity index (χ3v) is 4.97. The van der Waals surface area contributed by atoms with Crippen LogP contribution in [0.1, 0.15) is 32.6 Å². The number of nitrogens with zero attached hydrogens (tertiary/aromatic N) is 1. The summed E-state index contributed by atoms with van der Waals surface area (Å²) in [6.07, 6.45) is 6.08. The maximum Gasteiger partial charge on any atom is 0.319 e. The van der Waals surface area contributed by atoms with Gasteiger partial charge in [0.1, 0.15) is 5.69 Å². The number of urea groups is 1. The Morgan fingerprint density at radius 3 is 3.05 bits per heavy atom. The highest BCUT2D eigenvalue weighted by molar-refractivity contribution is 7.99. The number of amides is 2. The van der Waals surface area contributed by atoms with Gasteiger partial charge in [0.15, 0.2) is 0 Å². The largest absolute Gasteiger partial charge is 0.335 e. The molecule has 0 saturated heterocycles. The van der Waals surface area contributed by atoms with E-state index in [1.807, 2.05) is 11.8 Å². The molecule has 1 aliphatic rings. The molecule has 2 amide bonds. The SMILES string of the molecule is CCS[C@@H]1CCC[C@H](NC(=O)Nc2cccn(C)c2=O)C1. The van der Waals surface area contributed by atoms with Crippen molar-refractivity contribution in [3.63, 3.8) is 0 Å². The fraction of sp³-hybridized carbons (Fsp3) is 0.600. The van der Waals surface area contributed by atoms with Crippen LogP contribution in [0, 0.1) is 0 Å². The molecule has 2 atom stereocenters. The highest BCUT2D eigenvalue weighted by Crippen LogP contribution is 2.28. The number of aryl methyl sites for hydroxylation is 1. The van der Waals surface area contributed by atoms with Gasteiger partial charge in [-0.05, 0) is 37.1 Å². The molecule has 2 rings (SSSR count). The standard InChI is InChI=1S/C15H23N3O2S/c1-3-21-12-7-4-6-11(10-12)16-15(20)17-13-8-5-9-18(2)14(13)19/h5,8-9,11-12H,3-4,6-7,10H2,1-2H3,(H2,16,17,20)/t11-,12+/m0/s1. The maximum atomic E-state index is 12.0. The normalized spacial score (nSPS) is 21.8. The van der Waals surface area contributed by atoms with E-state index in [-0.39, 0.29) is 17.6 Å². The molecule has 6 heteroatoms. The second-order valence-electron chi connectivity index (χ2n) is 5.38. The maximum absolute atomic E-state index is 12.0. The molecule has 1 saturated carbocycles. The Labute approximate surface area is 129 Å². The molecule has 21 heavy (non-hydrogen) atoms. The summed E-state index contributed by atoms with van der Waals surface area (Å²) in [5.74, 6) is 1.11. The van der Waals surface area contributed by atoms with Gasteiger partial charge in [-0.2, -0.15) is 11.8 Å². The van der Waals surface area contributed by atoms with E-state index in [0.717, 1.165) is 25.0 Å². The third kappa shape index (κ3) is 4.52. The van der Waals surface area contributed by atoms with E-state index in [1.165, 1.54) is 11.0 Å². The van der Waals surface area contributed by atoms with Crippen LogP contribution in [-0.4, -0.2) is 27.6 Å². The highest BCUT2D eigenvalue weighted by atomic mass is 32.2. The molecule has 0 aromatic carbocycles. The molecule has 0 radical (unpaired) electrons. The van der Waals surface area contributed by atoms with Crippen LogP contribution >= 0.6 is 11.8 Å². The number of carbonyl (C=O) groups is 1. The molecule has 1 fully saturated rings. The van der Waals surface area contributed by atoms with Crippen LogP contribution < -0.4 is 16.2 Å². The van der Waals surface area contributed by atoms with Crippen molar-refractivity contribution < 1.29 is 4.79 Å². The van der Waals surface area contributed by atoms with Crippen LogP contribution in [0.2, 0.25) is 0 Å². The molecule has 0 spiro atoms. The number of hydrogen-bond acceptors (Lipinski definition) is 3. The summed E-state index contributed by atoms with van der Waals surface area (Å²) in [5.41, 5.74) is 0.114. The van der Waals surface area contributed by atoms with Gasteiger partial charge in [0, 0.05) is 24.5 Å². The molecular weight excluding hydrogens is 286 g/mol. The number of carbonyl (C=O) groups excluding carboxylic acids is 1. The van der Waals surface area contributed by atoms with Crippen molar-refractivity contribution in [2.24, 2.45) is 7.05 Å². The van der Waals surface area contributed by atoms with Crippen molar-refractivity contribution in [3.05, 3.63) is 28.7 Å². The van der Waals surface area contributed by atoms with Crippen LogP contribution in [0.15, 0.2) is 23.1 Å². The lowest BCUT2D eigenvalue weighted by atomic mass is 9.95. The lowest BCUT2D eigenvalue weighted by Gasteiger charge is -2.29. The second-order valence-corrected chi connectivity index (χ2v) is 6.95. The zero-order valence-corrected chi connectivity index (χ0v) is 13.4. The molecule has 1 heterocycles. The van der Waals surface area contributed by atoms with E-state index >= 15 is 0 Å². The molecule has 0 aliphatic heterocycles. The van der Waals surface area contributed by atoms with E-state index in [4.69, 9.17) is 0 Å². The predicted molar refractivity (Wildman–Crippen MR) is 88.0 cm³/mol. The Hall–Kier alpha value is -1.43. The van der Waals surface area contributed by atoms with Crippen molar-refractivity contribution in [3.8, 4) is 0 Å². The number of pyridine rings is 1. The summed E-state index contributed by atoms with van der Waals surface area (Å²) in [7, 11) is 1.67. The van der Waals surface area contributed by atoms with Crippen molar-refractivity contribution in [2.75, 3.05) is 11.1 Å². The first-order chi connectivity index (χ1) is 10.1. The molecule has 1 aromatic rings. The fourth-order valence-corrected chi connectivity index (χ4v) is 3.87. The molecular formula is C15H23N3O2S. The first-order valence-corrected chi connectivity index (χ1v) is 8.49. The van der Waals surface area contributed by atoms with Gasteiger partial charge in [0.25, 0.3) is 5.56 Å². The number of thioether (sulfide) groups is 1. The predicted octanol–water partition coefficient (Wildman–Crippen LogP) is 2.57. The zero-order valence-electron chi connectivity index (χ0n) is 12.6. The molecule has 5 nitrogen and oxygen atoms in total. The van der Waals surface area contributed by atoms with E-state index < -0.39 is 0 Å². The summed E-state index contributed by atoms with van der Waals surface area (Å²) in [5, 5.41) is 6.28. The Morgan fingerprint density at radius 1 is 1.48 bits per heavy atom. The highest BCUT2D eigenvalue weighted by Gasteiger charge is 2.23. The lowest BCUT2D eigenvalue weighted by Crippen LogP contribution is -2.42. The zero-order chi connectivity index (χ0) is 15.2. The quantitative estimate of drug-likeness (QED) is 0.898. The lowest BCUT2D eigenvalue weighted by molar-refractivity contribution is 0.244. The van der Waals surface area contributed by atoms with Gasteiger partial charge < -0.3 is 15.2 Å². The third-order valence-electron chi connectivity index (χ3n) is 3.74. The van der Waals surface area contributed by atoms with Crippen LogP contribution in [0.5, 0.6) is 0 Å². The monoisotopic (exact) mass is 309 g/mol. The Kier molecular flexibility index (Phi) is 5.73. The van der Waals surface area contributed by atoms with Crippen molar-refractivity contribution in [1.29, 1.82) is 0 Å². The van der Waals surface area contributed by atoms with Gasteiger partial charge in [-0.3, -0.25) is 4.79 Å². The second kappa shape index (κ2) is 7.54. The molecule has 0 bridgehead atoms. The minimum absolute atomic E-state index is 0.198. The van der Waals surface area contributed by atoms with E-state index in [2.05, 4.69) is 17.6 Å². The minimum Gasteiger partial charge on any atom is -0.335 e. The van der Waals surface area contributed by atoms with Gasteiger partial charge in [0.05, 0.1) is 0 Å². The fourth-order valence-electron chi connectivity index (χ4n) is 2.70. The summed E-state index contributed by atoms with van der Waals surface area (Å²) >= 11 is 1.97. The summed E-state index contributed by atoms with van der Waals surface area (Å²) in [6.45, 7) is 2.17. The minimum atomic E-state index is -0.287. The molecule has 1 aromatic heterocycles. The first kappa shape index (κ1) is 15.9. The van der Waals surface area contributed by atoms with Gasteiger partial charge in [-0.25, -0.2) is 4.79 Å². The van der Waals surface area contributed by atoms with Crippen molar-refractivity contribution >= 4 is 23.5 Å². The van der Waals surface area contributed by atoms with Gasteiger partial charge >= 0.3 is 6.03 Å². The number of rotatable bonds is 4. The molecule has 1 aliphatic carbocycles. The molecule has 116 valence electrons. The molecule has 0 unspecified atom stereocenters. The number of nitrogens with one attached hydrogen (secondary N) is 2. The van der Waals surface area contributed by atoms with E-state index in [9.17, 15) is 9.59 Å². The smallest absolute Gasteiger partial charge is 0.319 e. The average molecular weight is 309 g/mol. The van der Waals surface area contributed by atoms with Crippen molar-refractivity contribution in [1.82, 2.24) is 9.88 Å². The number of aromatic nitrogens is 1. The number of hydrogen-bond donors (Lipinski definition) is 2. The number of anilines is 1. The van der Waals surface area contributed by atoms with Crippen LogP contribution in [0.3, 0.4) is 0 Å². The van der Waals surface area contributed by atoms with Gasteiger partial charge in [0.2, 0.25) is 0 Å². The van der Waals surface area contributed by atoms with E-state index in [1.54, 1.807) is 25.4 Å². The van der Waals surface area contributed by atoms with Crippen LogP contribution in [0.4, 0.5) is 10.5 Å². The first-order valence-electron chi connectivity index (χ1n) is 7.45. The summed E-state index contributed by atoms with van der Waals surface area (Å²) in [4.78, 5) is 23.9. The van der Waals surface area contributed by atoms with Crippen molar-refractivity contribution in [2.45, 2.75) is 43.9 Å². The average Bonchev–Trinajstić information content (AvgIpc) is 2.44. The molecule has 2 N–H and O–H groups in total. The van der Waals surface area contributed by atoms with Gasteiger partial charge in [-0.15, -0.1) is 0 Å². The summed E-state index contributed by atoms with van der Waals surface area (Å²) in [6, 6.07) is 3.28. The van der Waals surface area contributed by atoms with Gasteiger partial charge in [-0.1, -0.05) is 13.3 Å². The van der Waals surface area contributed by atoms with Crippen LogP contribution in [0.25, 0.3) is 0 Å².